The van der Waals surface area contributed by atoms with E-state index in [-0.39, 0.29) is 22.1 Å². The molecule has 3 rings (SSSR count). The Bertz CT molecular complexity index is 1240. The van der Waals surface area contributed by atoms with E-state index >= 15 is 0 Å². The number of thioether (sulfide) groups is 1. The first kappa shape index (κ1) is 28.8. The number of carboxylic acid groups (broad SMARTS) is 1. The van der Waals surface area contributed by atoms with E-state index in [9.17, 15) is 22.7 Å². The van der Waals surface area contributed by atoms with Crippen molar-refractivity contribution in [2.75, 3.05) is 23.5 Å². The van der Waals surface area contributed by atoms with E-state index in [1.165, 1.54) is 17.8 Å². The number of fused-ring (bicyclic) bond motifs is 1. The summed E-state index contributed by atoms with van der Waals surface area (Å²) >= 11 is 1.28. The molecule has 2 aromatic rings. The summed E-state index contributed by atoms with van der Waals surface area (Å²) in [6.45, 7) is 4.65. The van der Waals surface area contributed by atoms with Gasteiger partial charge in [-0.2, -0.15) is 4.39 Å². The van der Waals surface area contributed by atoms with Gasteiger partial charge in [0, 0.05) is 23.7 Å². The number of aliphatic carboxylic acids is 1. The van der Waals surface area contributed by atoms with E-state index in [1.807, 2.05) is 4.90 Å². The largest absolute Gasteiger partial charge is 0.508 e. The minimum atomic E-state index is -3.81. The zero-order valence-corrected chi connectivity index (χ0v) is 23.0. The molecule has 0 bridgehead atoms. The van der Waals surface area contributed by atoms with Crippen molar-refractivity contribution in [3.05, 3.63) is 48.5 Å². The van der Waals surface area contributed by atoms with Gasteiger partial charge >= 0.3 is 5.97 Å². The molecular formula is C27H34FNO6S2. The molecule has 0 unspecified atom stereocenters. The highest BCUT2D eigenvalue weighted by Crippen LogP contribution is 2.48. The monoisotopic (exact) mass is 551 g/mol. The number of nitrogens with zero attached hydrogens (tertiary/aromatic N) is 1. The summed E-state index contributed by atoms with van der Waals surface area (Å²) in [5, 5.41) is 18.7. The molecule has 37 heavy (non-hydrogen) atoms. The van der Waals surface area contributed by atoms with Crippen molar-refractivity contribution in [1.82, 2.24) is 0 Å². The fourth-order valence-corrected chi connectivity index (χ4v) is 7.40. The molecule has 2 N–H and O–H groups in total. The van der Waals surface area contributed by atoms with Gasteiger partial charge in [-0.25, -0.2) is 13.2 Å². The molecule has 0 amide bonds. The fourth-order valence-electron chi connectivity index (χ4n) is 4.75. The van der Waals surface area contributed by atoms with Crippen molar-refractivity contribution in [1.29, 1.82) is 0 Å². The summed E-state index contributed by atoms with van der Waals surface area (Å²) in [6, 6.07) is 9.72. The van der Waals surface area contributed by atoms with Crippen LogP contribution in [0.1, 0.15) is 52.4 Å². The van der Waals surface area contributed by atoms with Gasteiger partial charge in [-0.1, -0.05) is 39.5 Å². The Kier molecular flexibility index (Phi) is 9.52. The number of phenolic OH excluding ortho intramolecular Hbond substituents is 1. The Hall–Kier alpha value is -2.72. The molecule has 0 spiro atoms. The van der Waals surface area contributed by atoms with Crippen molar-refractivity contribution in [3.8, 4) is 11.5 Å². The number of carbonyl (C=O) groups is 1. The van der Waals surface area contributed by atoms with Gasteiger partial charge in [0.05, 0.1) is 21.2 Å². The zero-order valence-electron chi connectivity index (χ0n) is 21.4. The van der Waals surface area contributed by atoms with Gasteiger partial charge in [-0.15, -0.1) is 11.8 Å². The number of aromatic hydroxyl groups is 1. The van der Waals surface area contributed by atoms with Crippen molar-refractivity contribution < 1.29 is 32.6 Å². The number of unbranched alkanes of at least 4 members (excludes halogenated alkanes) is 2. The standard InChI is InChI=1S/C27H34FNO6S2/c1-4-6-12-27(13-7-5-2)17-29(19-8-10-20(30)11-9-19)22-14-24(36-3)23(35-16-21(28)26(31)32)15-25(22)37(33,34)18-27/h8-11,14-16,30H,4-7,12-13,17-18H2,1-3H3,(H,31,32)/b21-16-. The number of carboxylic acids is 1. The van der Waals surface area contributed by atoms with Crippen LogP contribution in [0, 0.1) is 5.41 Å². The molecule has 0 aliphatic carbocycles. The fraction of sp³-hybridized carbons (Fsp3) is 0.444. The number of anilines is 2. The van der Waals surface area contributed by atoms with Crippen LogP contribution < -0.4 is 9.64 Å². The average Bonchev–Trinajstić information content (AvgIpc) is 2.96. The van der Waals surface area contributed by atoms with Gasteiger partial charge in [0.25, 0.3) is 0 Å². The molecular weight excluding hydrogens is 517 g/mol. The van der Waals surface area contributed by atoms with Crippen LogP contribution in [0.2, 0.25) is 0 Å². The molecule has 1 aliphatic heterocycles. The summed E-state index contributed by atoms with van der Waals surface area (Å²) in [6.07, 6.45) is 7.40. The minimum Gasteiger partial charge on any atom is -0.508 e. The molecule has 10 heteroatoms. The molecule has 0 saturated carbocycles. The van der Waals surface area contributed by atoms with Crippen LogP contribution in [0.25, 0.3) is 0 Å². The Morgan fingerprint density at radius 3 is 2.32 bits per heavy atom. The third-order valence-electron chi connectivity index (χ3n) is 6.64. The maximum atomic E-state index is 14.0. The van der Waals surface area contributed by atoms with Crippen molar-refractivity contribution in [3.63, 3.8) is 0 Å². The first-order valence-electron chi connectivity index (χ1n) is 12.3. The number of halogens is 1. The van der Waals surface area contributed by atoms with Crippen LogP contribution in [0.15, 0.2) is 58.3 Å². The SMILES string of the molecule is CCCCC1(CCCC)CN(c2ccc(O)cc2)c2cc(SC)c(O/C=C(\F)C(=O)O)cc2S(=O)(=O)C1. The molecule has 2 aromatic carbocycles. The van der Waals surface area contributed by atoms with Gasteiger partial charge in [0.15, 0.2) is 9.84 Å². The Morgan fingerprint density at radius 2 is 1.78 bits per heavy atom. The maximum Gasteiger partial charge on any atom is 0.368 e. The van der Waals surface area contributed by atoms with Gasteiger partial charge in [-0.3, -0.25) is 0 Å². The smallest absolute Gasteiger partial charge is 0.368 e. The van der Waals surface area contributed by atoms with Crippen LogP contribution in [0.4, 0.5) is 15.8 Å². The first-order valence-corrected chi connectivity index (χ1v) is 15.2. The average molecular weight is 552 g/mol. The maximum absolute atomic E-state index is 14.0. The Balaban J connectivity index is 2.25. The quantitative estimate of drug-likeness (QED) is 0.181. The lowest BCUT2D eigenvalue weighted by molar-refractivity contribution is -0.134. The normalized spacial score (nSPS) is 16.6. The lowest BCUT2D eigenvalue weighted by Crippen LogP contribution is -2.38. The highest BCUT2D eigenvalue weighted by atomic mass is 32.2. The topological polar surface area (TPSA) is 104 Å². The summed E-state index contributed by atoms with van der Waals surface area (Å²) in [5.74, 6) is -3.14. The first-order chi connectivity index (χ1) is 17.6. The number of hydrogen-bond acceptors (Lipinski definition) is 7. The number of hydrogen-bond donors (Lipinski definition) is 2. The summed E-state index contributed by atoms with van der Waals surface area (Å²) in [7, 11) is -3.81. The predicted octanol–water partition coefficient (Wildman–Crippen LogP) is 6.68. The van der Waals surface area contributed by atoms with Gasteiger partial charge in [0.2, 0.25) is 5.83 Å². The predicted molar refractivity (Wildman–Crippen MR) is 144 cm³/mol. The van der Waals surface area contributed by atoms with Crippen molar-refractivity contribution >= 4 is 38.9 Å². The molecule has 0 saturated heterocycles. The third-order valence-corrected chi connectivity index (χ3v) is 9.39. The van der Waals surface area contributed by atoms with Gasteiger partial charge < -0.3 is 19.8 Å². The van der Waals surface area contributed by atoms with E-state index in [0.29, 0.717) is 23.4 Å². The van der Waals surface area contributed by atoms with Crippen molar-refractivity contribution in [2.24, 2.45) is 5.41 Å². The summed E-state index contributed by atoms with van der Waals surface area (Å²) in [4.78, 5) is 13.4. The summed E-state index contributed by atoms with van der Waals surface area (Å²) < 4.78 is 46.9. The molecule has 0 radical (unpaired) electrons. The third kappa shape index (κ3) is 6.78. The van der Waals surface area contributed by atoms with Gasteiger partial charge in [-0.05, 0) is 49.4 Å². The minimum absolute atomic E-state index is 0.0427. The van der Waals surface area contributed by atoms with E-state index in [2.05, 4.69) is 13.8 Å². The van der Waals surface area contributed by atoms with Crippen LogP contribution in [0.5, 0.6) is 11.5 Å². The second-order valence-corrected chi connectivity index (χ2v) is 12.2. The number of phenols is 1. The lowest BCUT2D eigenvalue weighted by atomic mass is 9.79. The number of sulfone groups is 1. The highest BCUT2D eigenvalue weighted by molar-refractivity contribution is 7.98. The van der Waals surface area contributed by atoms with Crippen LogP contribution in [-0.2, 0) is 14.6 Å². The van der Waals surface area contributed by atoms with Crippen LogP contribution in [-0.4, -0.2) is 43.2 Å². The number of rotatable bonds is 11. The second-order valence-electron chi connectivity index (χ2n) is 9.43. The molecule has 0 atom stereocenters. The lowest BCUT2D eigenvalue weighted by Gasteiger charge is -2.37. The molecule has 0 aromatic heterocycles. The van der Waals surface area contributed by atoms with Crippen LogP contribution >= 0.6 is 11.8 Å². The molecule has 202 valence electrons. The molecule has 1 aliphatic rings. The van der Waals surface area contributed by atoms with E-state index in [1.54, 1.807) is 36.6 Å². The second kappa shape index (κ2) is 12.2. The number of ether oxygens (including phenoxy) is 1. The zero-order chi connectivity index (χ0) is 27.2. The van der Waals surface area contributed by atoms with Gasteiger partial charge in [0.1, 0.15) is 17.8 Å². The van der Waals surface area contributed by atoms with E-state index in [0.717, 1.165) is 44.2 Å². The van der Waals surface area contributed by atoms with E-state index in [4.69, 9.17) is 9.84 Å². The molecule has 7 nitrogen and oxygen atoms in total. The molecule has 1 heterocycles. The Morgan fingerprint density at radius 1 is 1.16 bits per heavy atom. The van der Waals surface area contributed by atoms with Crippen LogP contribution in [0.3, 0.4) is 0 Å². The van der Waals surface area contributed by atoms with E-state index < -0.39 is 27.0 Å². The number of benzene rings is 2. The Labute approximate surface area is 222 Å². The highest BCUT2D eigenvalue weighted by Gasteiger charge is 2.42. The summed E-state index contributed by atoms with van der Waals surface area (Å²) in [5.41, 5.74) is 0.712. The molecule has 0 fully saturated rings. The van der Waals surface area contributed by atoms with Crippen molar-refractivity contribution in [2.45, 2.75) is 62.2 Å².